The van der Waals surface area contributed by atoms with Gasteiger partial charge in [-0.2, -0.15) is 0 Å². The van der Waals surface area contributed by atoms with Gasteiger partial charge in [0.1, 0.15) is 0 Å². The lowest BCUT2D eigenvalue weighted by Gasteiger charge is -2.21. The van der Waals surface area contributed by atoms with Gasteiger partial charge < -0.3 is 25.4 Å². The van der Waals surface area contributed by atoms with Gasteiger partial charge in [0.05, 0.1) is 0 Å². The molecular weight excluding hydrogens is 507 g/mol. The molecule has 1 amide bonds. The van der Waals surface area contributed by atoms with Crippen molar-refractivity contribution in [1.82, 2.24) is 10.6 Å². The van der Waals surface area contributed by atoms with E-state index in [0.717, 1.165) is 75.9 Å². The number of carbonyl (C=O) groups is 1. The van der Waals surface area contributed by atoms with Crippen molar-refractivity contribution in [2.45, 2.75) is 46.1 Å². The first-order chi connectivity index (χ1) is 14.6. The molecule has 1 atom stereocenters. The normalized spacial score (nSPS) is 15.6. The molecule has 176 valence electrons. The number of amides is 1. The van der Waals surface area contributed by atoms with E-state index >= 15 is 0 Å². The van der Waals surface area contributed by atoms with Crippen molar-refractivity contribution < 1.29 is 14.3 Å². The first kappa shape index (κ1) is 27.6. The summed E-state index contributed by atoms with van der Waals surface area (Å²) in [6.45, 7) is 8.70. The molecule has 3 N–H and O–H groups in total. The van der Waals surface area contributed by atoms with E-state index in [4.69, 9.17) is 9.47 Å². The second-order valence-corrected chi connectivity index (χ2v) is 7.84. The van der Waals surface area contributed by atoms with Crippen molar-refractivity contribution in [3.05, 3.63) is 29.8 Å². The van der Waals surface area contributed by atoms with Crippen molar-refractivity contribution in [2.24, 2.45) is 16.8 Å². The second-order valence-electron chi connectivity index (χ2n) is 7.84. The summed E-state index contributed by atoms with van der Waals surface area (Å²) >= 11 is 0. The van der Waals surface area contributed by atoms with Gasteiger partial charge >= 0.3 is 0 Å². The number of hydrogen-bond acceptors (Lipinski definition) is 4. The van der Waals surface area contributed by atoms with Crippen molar-refractivity contribution in [3.8, 4) is 0 Å². The SMILES string of the molecule is CCC(C)C(=O)Nc1cccc(CNC(=NC)NCCCOCC2CCOCC2)c1.I. The highest BCUT2D eigenvalue weighted by molar-refractivity contribution is 14.0. The van der Waals surface area contributed by atoms with Crippen LogP contribution in [-0.4, -0.2) is 51.9 Å². The molecule has 1 aliphatic heterocycles. The topological polar surface area (TPSA) is 84.0 Å². The molecule has 0 spiro atoms. The minimum atomic E-state index is 0. The van der Waals surface area contributed by atoms with Crippen LogP contribution in [0, 0.1) is 11.8 Å². The van der Waals surface area contributed by atoms with Crippen LogP contribution in [0.3, 0.4) is 0 Å². The average molecular weight is 546 g/mol. The number of aliphatic imine (C=N–C) groups is 1. The molecule has 0 saturated carbocycles. The highest BCUT2D eigenvalue weighted by Crippen LogP contribution is 2.15. The van der Waals surface area contributed by atoms with Crippen LogP contribution in [0.2, 0.25) is 0 Å². The number of benzene rings is 1. The monoisotopic (exact) mass is 546 g/mol. The Bertz CT molecular complexity index is 666. The molecule has 2 rings (SSSR count). The molecule has 1 unspecified atom stereocenters. The maximum Gasteiger partial charge on any atom is 0.227 e. The van der Waals surface area contributed by atoms with Gasteiger partial charge in [0.2, 0.25) is 5.91 Å². The van der Waals surface area contributed by atoms with Crippen LogP contribution in [0.15, 0.2) is 29.3 Å². The number of rotatable bonds is 11. The van der Waals surface area contributed by atoms with Crippen LogP contribution >= 0.6 is 24.0 Å². The fourth-order valence-electron chi connectivity index (χ4n) is 3.16. The Morgan fingerprint density at radius 3 is 2.77 bits per heavy atom. The number of guanidine groups is 1. The maximum atomic E-state index is 12.1. The van der Waals surface area contributed by atoms with Crippen molar-refractivity contribution in [3.63, 3.8) is 0 Å². The second kappa shape index (κ2) is 16.3. The number of ether oxygens (including phenoxy) is 2. The summed E-state index contributed by atoms with van der Waals surface area (Å²) in [5, 5.41) is 9.61. The third kappa shape index (κ3) is 11.2. The molecule has 0 aromatic heterocycles. The van der Waals surface area contributed by atoms with E-state index in [1.807, 2.05) is 38.1 Å². The molecule has 0 bridgehead atoms. The van der Waals surface area contributed by atoms with Crippen molar-refractivity contribution >= 4 is 41.5 Å². The lowest BCUT2D eigenvalue weighted by molar-refractivity contribution is -0.119. The molecule has 1 fully saturated rings. The first-order valence-corrected chi connectivity index (χ1v) is 11.1. The van der Waals surface area contributed by atoms with Crippen molar-refractivity contribution in [1.29, 1.82) is 0 Å². The van der Waals surface area contributed by atoms with Gasteiger partial charge in [0, 0.05) is 58.2 Å². The van der Waals surface area contributed by atoms with Gasteiger partial charge in [-0.3, -0.25) is 9.79 Å². The Labute approximate surface area is 204 Å². The number of halogens is 1. The summed E-state index contributed by atoms with van der Waals surface area (Å²) in [7, 11) is 1.76. The highest BCUT2D eigenvalue weighted by atomic mass is 127. The van der Waals surface area contributed by atoms with Gasteiger partial charge in [0.15, 0.2) is 5.96 Å². The van der Waals surface area contributed by atoms with E-state index in [2.05, 4.69) is 20.9 Å². The predicted molar refractivity (Wildman–Crippen MR) is 137 cm³/mol. The quantitative estimate of drug-likeness (QED) is 0.170. The first-order valence-electron chi connectivity index (χ1n) is 11.1. The lowest BCUT2D eigenvalue weighted by Crippen LogP contribution is -2.37. The summed E-state index contributed by atoms with van der Waals surface area (Å²) in [5.74, 6) is 1.47. The summed E-state index contributed by atoms with van der Waals surface area (Å²) < 4.78 is 11.2. The molecule has 7 nitrogen and oxygen atoms in total. The van der Waals surface area contributed by atoms with E-state index in [9.17, 15) is 4.79 Å². The minimum Gasteiger partial charge on any atom is -0.381 e. The maximum absolute atomic E-state index is 12.1. The molecule has 31 heavy (non-hydrogen) atoms. The molecule has 1 aromatic carbocycles. The van der Waals surface area contributed by atoms with E-state index in [0.29, 0.717) is 12.5 Å². The van der Waals surface area contributed by atoms with Gasteiger partial charge in [-0.15, -0.1) is 24.0 Å². The Kier molecular flexibility index (Phi) is 14.5. The summed E-state index contributed by atoms with van der Waals surface area (Å²) in [4.78, 5) is 16.3. The molecular formula is C23H39IN4O3. The number of anilines is 1. The standard InChI is InChI=1S/C23H38N4O3.HI/c1-4-18(2)22(28)27-21-8-5-7-20(15-21)16-26-23(24-3)25-11-6-12-30-17-19-9-13-29-14-10-19;/h5,7-8,15,18-19H,4,6,9-14,16-17H2,1-3H3,(H,27,28)(H2,24,25,26);1H. The molecule has 1 saturated heterocycles. The zero-order valence-electron chi connectivity index (χ0n) is 19.1. The van der Waals surface area contributed by atoms with Crippen LogP contribution in [0.4, 0.5) is 5.69 Å². The summed E-state index contributed by atoms with van der Waals surface area (Å²) in [5.41, 5.74) is 1.91. The van der Waals surface area contributed by atoms with Crippen LogP contribution in [0.5, 0.6) is 0 Å². The van der Waals surface area contributed by atoms with Gasteiger partial charge in [-0.25, -0.2) is 0 Å². The largest absolute Gasteiger partial charge is 0.381 e. The van der Waals surface area contributed by atoms with E-state index in [1.165, 1.54) is 0 Å². The summed E-state index contributed by atoms with van der Waals surface area (Å²) in [6, 6.07) is 7.89. The third-order valence-electron chi connectivity index (χ3n) is 5.39. The van der Waals surface area contributed by atoms with Crippen LogP contribution in [0.25, 0.3) is 0 Å². The van der Waals surface area contributed by atoms with E-state index in [1.54, 1.807) is 7.05 Å². The number of nitrogens with zero attached hydrogens (tertiary/aromatic N) is 1. The fraction of sp³-hybridized carbons (Fsp3) is 0.652. The Hall–Kier alpha value is -1.39. The predicted octanol–water partition coefficient (Wildman–Crippen LogP) is 3.79. The number of nitrogens with one attached hydrogen (secondary N) is 3. The van der Waals surface area contributed by atoms with Gasteiger partial charge in [-0.1, -0.05) is 26.0 Å². The molecule has 0 aliphatic carbocycles. The highest BCUT2D eigenvalue weighted by Gasteiger charge is 2.13. The van der Waals surface area contributed by atoms with E-state index < -0.39 is 0 Å². The Balaban J connectivity index is 0.00000480. The fourth-order valence-corrected chi connectivity index (χ4v) is 3.16. The smallest absolute Gasteiger partial charge is 0.227 e. The minimum absolute atomic E-state index is 0. The zero-order valence-corrected chi connectivity index (χ0v) is 21.4. The Morgan fingerprint density at radius 2 is 2.06 bits per heavy atom. The van der Waals surface area contributed by atoms with E-state index in [-0.39, 0.29) is 35.8 Å². The Morgan fingerprint density at radius 1 is 1.29 bits per heavy atom. The molecule has 1 aromatic rings. The van der Waals surface area contributed by atoms with Gasteiger partial charge in [-0.05, 0) is 49.3 Å². The lowest BCUT2D eigenvalue weighted by atomic mass is 10.0. The van der Waals surface area contributed by atoms with Gasteiger partial charge in [0.25, 0.3) is 0 Å². The summed E-state index contributed by atoms with van der Waals surface area (Å²) in [6.07, 6.45) is 3.98. The molecule has 8 heteroatoms. The van der Waals surface area contributed by atoms with Crippen LogP contribution in [-0.2, 0) is 20.8 Å². The molecule has 1 heterocycles. The number of carbonyl (C=O) groups excluding carboxylic acids is 1. The van der Waals surface area contributed by atoms with Crippen LogP contribution < -0.4 is 16.0 Å². The average Bonchev–Trinajstić information content (AvgIpc) is 2.78. The number of hydrogen-bond donors (Lipinski definition) is 3. The molecule has 0 radical (unpaired) electrons. The molecule has 1 aliphatic rings. The van der Waals surface area contributed by atoms with Crippen LogP contribution in [0.1, 0.15) is 45.1 Å². The third-order valence-corrected chi connectivity index (χ3v) is 5.39. The zero-order chi connectivity index (χ0) is 21.6. The van der Waals surface area contributed by atoms with Crippen molar-refractivity contribution in [2.75, 3.05) is 45.3 Å².